The summed E-state index contributed by atoms with van der Waals surface area (Å²) in [5.74, 6) is -1.49. The standard InChI is InChI=1S/C19H16ClF2N3O3/c1-28-16(26)10-25(9-11-2-5-13(20)6-3-11)19(27)12-4-7-14-15(8-12)24-18(23-14)17(21)22/h2-8,17H,9-10H2,1H3,(H,23,24). The van der Waals surface area contributed by atoms with Gasteiger partial charge in [0.05, 0.1) is 18.1 Å². The molecule has 2 aromatic carbocycles. The summed E-state index contributed by atoms with van der Waals surface area (Å²) >= 11 is 5.88. The van der Waals surface area contributed by atoms with Crippen LogP contribution in [-0.2, 0) is 16.1 Å². The van der Waals surface area contributed by atoms with Gasteiger partial charge in [-0.3, -0.25) is 9.59 Å². The van der Waals surface area contributed by atoms with Gasteiger partial charge in [0.15, 0.2) is 5.82 Å². The average Bonchev–Trinajstić information content (AvgIpc) is 3.12. The number of aromatic nitrogens is 2. The fourth-order valence-electron chi connectivity index (χ4n) is 2.68. The molecule has 1 heterocycles. The second-order valence-electron chi connectivity index (χ2n) is 6.02. The second kappa shape index (κ2) is 8.35. The number of methoxy groups -OCH3 is 1. The average molecular weight is 408 g/mol. The number of amides is 1. The summed E-state index contributed by atoms with van der Waals surface area (Å²) < 4.78 is 30.3. The number of H-pyrrole nitrogens is 1. The van der Waals surface area contributed by atoms with Crippen LogP contribution < -0.4 is 0 Å². The van der Waals surface area contributed by atoms with Gasteiger partial charge in [0, 0.05) is 17.1 Å². The molecule has 0 aliphatic carbocycles. The lowest BCUT2D eigenvalue weighted by atomic mass is 10.1. The van der Waals surface area contributed by atoms with Gasteiger partial charge in [0.2, 0.25) is 0 Å². The minimum Gasteiger partial charge on any atom is -0.468 e. The number of rotatable bonds is 6. The van der Waals surface area contributed by atoms with E-state index in [4.69, 9.17) is 11.6 Å². The molecule has 1 N–H and O–H groups in total. The second-order valence-corrected chi connectivity index (χ2v) is 6.45. The highest BCUT2D eigenvalue weighted by Crippen LogP contribution is 2.22. The maximum atomic E-state index is 13.0. The Labute approximate surface area is 164 Å². The summed E-state index contributed by atoms with van der Waals surface area (Å²) in [4.78, 5) is 32.3. The quantitative estimate of drug-likeness (QED) is 0.627. The van der Waals surface area contributed by atoms with Crippen molar-refractivity contribution in [2.75, 3.05) is 13.7 Å². The number of aromatic amines is 1. The molecular weight excluding hydrogens is 392 g/mol. The fourth-order valence-corrected chi connectivity index (χ4v) is 2.80. The number of alkyl halides is 2. The van der Waals surface area contributed by atoms with Crippen LogP contribution in [0.4, 0.5) is 8.78 Å². The van der Waals surface area contributed by atoms with E-state index in [9.17, 15) is 18.4 Å². The molecule has 0 unspecified atom stereocenters. The highest BCUT2D eigenvalue weighted by Gasteiger charge is 2.21. The highest BCUT2D eigenvalue weighted by molar-refractivity contribution is 6.30. The molecule has 9 heteroatoms. The lowest BCUT2D eigenvalue weighted by Crippen LogP contribution is -2.35. The summed E-state index contributed by atoms with van der Waals surface area (Å²) in [6.07, 6.45) is -2.74. The molecule has 6 nitrogen and oxygen atoms in total. The Morgan fingerprint density at radius 3 is 2.57 bits per heavy atom. The molecule has 0 aliphatic heterocycles. The Balaban J connectivity index is 1.89. The van der Waals surface area contributed by atoms with Gasteiger partial charge < -0.3 is 14.6 Å². The molecular formula is C19H16ClF2N3O3. The molecule has 3 rings (SSSR count). The van der Waals surface area contributed by atoms with Gasteiger partial charge in [-0.15, -0.1) is 0 Å². The first-order valence-electron chi connectivity index (χ1n) is 8.25. The molecule has 0 saturated carbocycles. The minimum atomic E-state index is -2.74. The fraction of sp³-hybridized carbons (Fsp3) is 0.211. The van der Waals surface area contributed by atoms with E-state index in [1.807, 2.05) is 0 Å². The molecule has 0 atom stereocenters. The van der Waals surface area contributed by atoms with Crippen molar-refractivity contribution < 1.29 is 23.1 Å². The molecule has 0 radical (unpaired) electrons. The van der Waals surface area contributed by atoms with E-state index in [1.54, 1.807) is 24.3 Å². The number of carbonyl (C=O) groups excluding carboxylic acids is 2. The van der Waals surface area contributed by atoms with Gasteiger partial charge in [-0.2, -0.15) is 0 Å². The van der Waals surface area contributed by atoms with Crippen LogP contribution in [0.3, 0.4) is 0 Å². The van der Waals surface area contributed by atoms with E-state index in [0.29, 0.717) is 16.1 Å². The van der Waals surface area contributed by atoms with E-state index < -0.39 is 24.1 Å². The van der Waals surface area contributed by atoms with Crippen LogP contribution in [0.15, 0.2) is 42.5 Å². The van der Waals surface area contributed by atoms with Gasteiger partial charge >= 0.3 is 5.97 Å². The van der Waals surface area contributed by atoms with Crippen LogP contribution in [0.25, 0.3) is 11.0 Å². The van der Waals surface area contributed by atoms with E-state index >= 15 is 0 Å². The van der Waals surface area contributed by atoms with Gasteiger partial charge in [-0.25, -0.2) is 13.8 Å². The van der Waals surface area contributed by atoms with Crippen molar-refractivity contribution in [3.05, 3.63) is 64.4 Å². The SMILES string of the molecule is COC(=O)CN(Cc1ccc(Cl)cc1)C(=O)c1ccc2nc(C(F)F)[nH]c2c1. The van der Waals surface area contributed by atoms with Crippen molar-refractivity contribution in [1.82, 2.24) is 14.9 Å². The number of fused-ring (bicyclic) bond motifs is 1. The highest BCUT2D eigenvalue weighted by atomic mass is 35.5. The molecule has 1 amide bonds. The van der Waals surface area contributed by atoms with Crippen LogP contribution in [0.1, 0.15) is 28.2 Å². The maximum absolute atomic E-state index is 13.0. The van der Waals surface area contributed by atoms with E-state index in [1.165, 1.54) is 30.2 Å². The van der Waals surface area contributed by atoms with Crippen LogP contribution in [0, 0.1) is 0 Å². The Hall–Kier alpha value is -3.00. The number of nitrogens with one attached hydrogen (secondary N) is 1. The lowest BCUT2D eigenvalue weighted by Gasteiger charge is -2.21. The molecule has 1 aromatic heterocycles. The number of imidazole rings is 1. The summed E-state index contributed by atoms with van der Waals surface area (Å²) in [5.41, 5.74) is 1.63. The Bertz CT molecular complexity index is 1010. The zero-order chi connectivity index (χ0) is 20.3. The molecule has 0 bridgehead atoms. The predicted octanol–water partition coefficient (Wildman–Crippen LogP) is 3.97. The number of benzene rings is 2. The maximum Gasteiger partial charge on any atom is 0.325 e. The number of hydrogen-bond donors (Lipinski definition) is 1. The monoisotopic (exact) mass is 407 g/mol. The predicted molar refractivity (Wildman–Crippen MR) is 99.3 cm³/mol. The summed E-state index contributed by atoms with van der Waals surface area (Å²) in [6.45, 7) is -0.115. The van der Waals surface area contributed by atoms with Crippen LogP contribution in [-0.4, -0.2) is 40.4 Å². The molecule has 3 aromatic rings. The Kier molecular flexibility index (Phi) is 5.89. The van der Waals surface area contributed by atoms with Gasteiger partial charge in [-0.05, 0) is 35.9 Å². The molecule has 0 aliphatic rings. The van der Waals surface area contributed by atoms with E-state index in [-0.39, 0.29) is 18.7 Å². The summed E-state index contributed by atoms with van der Waals surface area (Å²) in [7, 11) is 1.23. The number of nitrogens with zero attached hydrogens (tertiary/aromatic N) is 2. The molecule has 0 fully saturated rings. The third-order valence-corrected chi connectivity index (χ3v) is 4.33. The first-order valence-corrected chi connectivity index (χ1v) is 8.63. The largest absolute Gasteiger partial charge is 0.468 e. The summed E-state index contributed by atoms with van der Waals surface area (Å²) in [5, 5.41) is 0.550. The normalized spacial score (nSPS) is 11.0. The Morgan fingerprint density at radius 2 is 1.93 bits per heavy atom. The zero-order valence-corrected chi connectivity index (χ0v) is 15.5. The number of esters is 1. The number of halogens is 3. The lowest BCUT2D eigenvalue weighted by molar-refractivity contribution is -0.141. The first-order chi connectivity index (χ1) is 13.4. The minimum absolute atomic E-state index is 0.147. The van der Waals surface area contributed by atoms with E-state index in [2.05, 4.69) is 14.7 Å². The number of hydrogen-bond acceptors (Lipinski definition) is 4. The van der Waals surface area contributed by atoms with Gasteiger partial charge in [0.1, 0.15) is 6.54 Å². The third kappa shape index (κ3) is 4.45. The number of ether oxygens (including phenoxy) is 1. The smallest absolute Gasteiger partial charge is 0.325 e. The van der Waals surface area contributed by atoms with Crippen molar-refractivity contribution in [3.63, 3.8) is 0 Å². The van der Waals surface area contributed by atoms with Crippen molar-refractivity contribution in [2.24, 2.45) is 0 Å². The van der Waals surface area contributed by atoms with Crippen molar-refractivity contribution in [2.45, 2.75) is 13.0 Å². The van der Waals surface area contributed by atoms with Crippen LogP contribution in [0.5, 0.6) is 0 Å². The van der Waals surface area contributed by atoms with Crippen LogP contribution >= 0.6 is 11.6 Å². The topological polar surface area (TPSA) is 75.3 Å². The first kappa shape index (κ1) is 19.8. The van der Waals surface area contributed by atoms with Gasteiger partial charge in [0.25, 0.3) is 12.3 Å². The number of carbonyl (C=O) groups is 2. The zero-order valence-electron chi connectivity index (χ0n) is 14.8. The molecule has 0 saturated heterocycles. The Morgan fingerprint density at radius 1 is 1.21 bits per heavy atom. The van der Waals surface area contributed by atoms with Crippen molar-refractivity contribution in [3.8, 4) is 0 Å². The molecule has 28 heavy (non-hydrogen) atoms. The third-order valence-electron chi connectivity index (χ3n) is 4.08. The van der Waals surface area contributed by atoms with Gasteiger partial charge in [-0.1, -0.05) is 23.7 Å². The van der Waals surface area contributed by atoms with Crippen LogP contribution in [0.2, 0.25) is 5.02 Å². The summed E-state index contributed by atoms with van der Waals surface area (Å²) in [6, 6.07) is 11.2. The van der Waals surface area contributed by atoms with Crippen molar-refractivity contribution >= 4 is 34.5 Å². The molecule has 0 spiro atoms. The molecule has 146 valence electrons. The van der Waals surface area contributed by atoms with E-state index in [0.717, 1.165) is 5.56 Å². The van der Waals surface area contributed by atoms with Crippen molar-refractivity contribution in [1.29, 1.82) is 0 Å².